The van der Waals surface area contributed by atoms with Crippen LogP contribution in [0.4, 0.5) is 0 Å². The van der Waals surface area contributed by atoms with Gasteiger partial charge in [-0.25, -0.2) is 4.79 Å². The van der Waals surface area contributed by atoms with Crippen LogP contribution in [-0.2, 0) is 35.2 Å². The van der Waals surface area contributed by atoms with Gasteiger partial charge in [0.1, 0.15) is 30.2 Å². The predicted octanol–water partition coefficient (Wildman–Crippen LogP) is 1.09. The first kappa shape index (κ1) is 42.1. The van der Waals surface area contributed by atoms with E-state index in [4.69, 9.17) is 5.73 Å². The highest BCUT2D eigenvalue weighted by Gasteiger charge is 2.40. The van der Waals surface area contributed by atoms with E-state index in [0.29, 0.717) is 45.1 Å². The molecule has 1 aliphatic heterocycles. The van der Waals surface area contributed by atoms with Crippen molar-refractivity contribution in [1.29, 1.82) is 0 Å². The van der Waals surface area contributed by atoms with Crippen molar-refractivity contribution in [2.45, 2.75) is 129 Å². The van der Waals surface area contributed by atoms with Crippen molar-refractivity contribution < 1.29 is 39.0 Å². The minimum Gasteiger partial charge on any atom is -0.480 e. The van der Waals surface area contributed by atoms with E-state index in [0.717, 1.165) is 5.56 Å². The van der Waals surface area contributed by atoms with E-state index in [2.05, 4.69) is 21.3 Å². The molecule has 0 aromatic heterocycles. The molecule has 0 bridgehead atoms. The molecule has 0 aliphatic carbocycles. The van der Waals surface area contributed by atoms with Crippen LogP contribution in [0.1, 0.15) is 86.1 Å². The van der Waals surface area contributed by atoms with Gasteiger partial charge in [-0.3, -0.25) is 24.0 Å². The molecule has 10 atom stereocenters. The van der Waals surface area contributed by atoms with Gasteiger partial charge in [0, 0.05) is 6.54 Å². The van der Waals surface area contributed by atoms with Gasteiger partial charge in [-0.05, 0) is 49.5 Å². The van der Waals surface area contributed by atoms with Crippen LogP contribution in [0.15, 0.2) is 30.3 Å². The normalized spacial score (nSPS) is 19.8. The summed E-state index contributed by atoms with van der Waals surface area (Å²) in [6.45, 7) is 12.3. The summed E-state index contributed by atoms with van der Waals surface area (Å²) in [5.74, 6) is -5.50. The number of aliphatic carboxylic acids is 1. The molecule has 5 amide bonds. The van der Waals surface area contributed by atoms with E-state index in [-0.39, 0.29) is 11.8 Å². The van der Waals surface area contributed by atoms with E-state index in [1.165, 1.54) is 11.8 Å². The van der Waals surface area contributed by atoms with Crippen LogP contribution < -0.4 is 27.0 Å². The number of nitrogens with one attached hydrogen (secondary N) is 4. The summed E-state index contributed by atoms with van der Waals surface area (Å²) >= 11 is 0. The third kappa shape index (κ3) is 11.5. The minimum atomic E-state index is -1.46. The number of aliphatic hydroxyl groups excluding tert-OH is 1. The monoisotopic (exact) mass is 702 g/mol. The zero-order valence-corrected chi connectivity index (χ0v) is 30.5. The molecule has 280 valence electrons. The quantitative estimate of drug-likeness (QED) is 0.110. The fraction of sp³-hybridized carbons (Fsp3) is 0.667. The Bertz CT molecular complexity index is 1310. The van der Waals surface area contributed by atoms with Gasteiger partial charge >= 0.3 is 5.97 Å². The predicted molar refractivity (Wildman–Crippen MR) is 188 cm³/mol. The maximum atomic E-state index is 13.7. The molecule has 14 heteroatoms. The second-order valence-corrected chi connectivity index (χ2v) is 13.7. The summed E-state index contributed by atoms with van der Waals surface area (Å²) in [5.41, 5.74) is 7.12. The second kappa shape index (κ2) is 20.0. The highest BCUT2D eigenvalue weighted by atomic mass is 16.4. The lowest BCUT2D eigenvalue weighted by Crippen LogP contribution is -2.62. The number of likely N-dealkylation sites (tertiary alicyclic amines) is 1. The van der Waals surface area contributed by atoms with E-state index >= 15 is 0 Å². The lowest BCUT2D eigenvalue weighted by atomic mass is 9.93. The molecule has 0 radical (unpaired) electrons. The second-order valence-electron chi connectivity index (χ2n) is 13.7. The Morgan fingerprint density at radius 3 is 1.68 bits per heavy atom. The van der Waals surface area contributed by atoms with Crippen LogP contribution in [0.2, 0.25) is 0 Å². The maximum Gasteiger partial charge on any atom is 0.326 e. The number of hydrogen-bond donors (Lipinski definition) is 7. The molecule has 1 fully saturated rings. The van der Waals surface area contributed by atoms with E-state index in [9.17, 15) is 39.0 Å². The van der Waals surface area contributed by atoms with E-state index < -0.39 is 83.8 Å². The number of aliphatic hydroxyl groups is 1. The summed E-state index contributed by atoms with van der Waals surface area (Å²) in [4.78, 5) is 80.8. The van der Waals surface area contributed by atoms with Crippen LogP contribution in [0.3, 0.4) is 0 Å². The number of carboxylic acids is 1. The number of hydrogen-bond acceptors (Lipinski definition) is 8. The fourth-order valence-electron chi connectivity index (χ4n) is 5.94. The van der Waals surface area contributed by atoms with Crippen molar-refractivity contribution in [2.75, 3.05) is 6.54 Å². The minimum absolute atomic E-state index is 0.292. The van der Waals surface area contributed by atoms with Crippen molar-refractivity contribution in [2.24, 2.45) is 23.5 Å². The Balaban J connectivity index is 2.20. The SMILES string of the molecule is CC[C@H](C)[C@H](NC(=O)[C@@H](NC(=O)[C@@H](NC(=O)[C@@H](NC(=O)[C@@H]1CCCN1C(=O)[C@@H](N)Cc1ccccc1)[C@@H](C)O)[C@@H](C)CC)[C@@H](C)CC)C(=O)O. The van der Waals surface area contributed by atoms with Gasteiger partial charge in [-0.15, -0.1) is 0 Å². The van der Waals surface area contributed by atoms with Gasteiger partial charge < -0.3 is 42.1 Å². The molecule has 0 unspecified atom stereocenters. The van der Waals surface area contributed by atoms with Gasteiger partial charge in [0.25, 0.3) is 0 Å². The molecule has 1 aromatic rings. The van der Waals surface area contributed by atoms with Gasteiger partial charge in [0.05, 0.1) is 12.1 Å². The van der Waals surface area contributed by atoms with Crippen molar-refractivity contribution in [3.8, 4) is 0 Å². The largest absolute Gasteiger partial charge is 0.480 e. The average molecular weight is 703 g/mol. The smallest absolute Gasteiger partial charge is 0.326 e. The Kier molecular flexibility index (Phi) is 16.8. The zero-order valence-electron chi connectivity index (χ0n) is 30.5. The molecule has 1 saturated heterocycles. The summed E-state index contributed by atoms with van der Waals surface area (Å²) < 4.78 is 0. The Morgan fingerprint density at radius 2 is 1.22 bits per heavy atom. The molecule has 2 rings (SSSR count). The molecule has 1 aromatic carbocycles. The molecular formula is C36H58N6O8. The summed E-state index contributed by atoms with van der Waals surface area (Å²) in [6.07, 6.45) is 1.30. The average Bonchev–Trinajstić information content (AvgIpc) is 3.59. The molecular weight excluding hydrogens is 644 g/mol. The lowest BCUT2D eigenvalue weighted by Gasteiger charge is -2.32. The van der Waals surface area contributed by atoms with Crippen LogP contribution in [-0.4, -0.2) is 99.5 Å². The van der Waals surface area contributed by atoms with Gasteiger partial charge in [0.2, 0.25) is 29.5 Å². The Morgan fingerprint density at radius 1 is 0.760 bits per heavy atom. The standard InChI is InChI=1S/C36H58N6O8/c1-8-20(4)27(32(45)38-28(21(5)9-2)33(46)40-29(36(49)50)22(6)10-3)39-34(47)30(23(7)43)41-31(44)26-17-14-18-42(26)35(48)25(37)19-24-15-12-11-13-16-24/h11-13,15-16,20-23,25-30,43H,8-10,14,17-19,37H2,1-7H3,(H,38,45)(H,39,47)(H,40,46)(H,41,44)(H,49,50)/t20-,21-,22-,23+,25-,26-,27-,28-,29-,30-/m0/s1. The number of benzene rings is 1. The van der Waals surface area contributed by atoms with Crippen molar-refractivity contribution in [1.82, 2.24) is 26.2 Å². The number of carboxylic acid groups (broad SMARTS) is 1. The summed E-state index contributed by atoms with van der Waals surface area (Å²) in [5, 5.41) is 30.8. The van der Waals surface area contributed by atoms with E-state index in [1.807, 2.05) is 51.1 Å². The zero-order chi connectivity index (χ0) is 37.7. The molecule has 50 heavy (non-hydrogen) atoms. The first-order valence-corrected chi connectivity index (χ1v) is 17.8. The maximum absolute atomic E-state index is 13.7. The van der Waals surface area contributed by atoms with Gasteiger partial charge in [0.15, 0.2) is 0 Å². The van der Waals surface area contributed by atoms with Crippen LogP contribution in [0.25, 0.3) is 0 Å². The van der Waals surface area contributed by atoms with Crippen molar-refractivity contribution in [3.63, 3.8) is 0 Å². The Hall–Kier alpha value is -4.04. The summed E-state index contributed by atoms with van der Waals surface area (Å²) in [6, 6.07) is 2.66. The molecule has 14 nitrogen and oxygen atoms in total. The summed E-state index contributed by atoms with van der Waals surface area (Å²) in [7, 11) is 0. The first-order chi connectivity index (χ1) is 23.6. The van der Waals surface area contributed by atoms with Crippen LogP contribution >= 0.6 is 0 Å². The third-order valence-electron chi connectivity index (χ3n) is 9.88. The highest BCUT2D eigenvalue weighted by molar-refractivity contribution is 5.97. The molecule has 8 N–H and O–H groups in total. The van der Waals surface area contributed by atoms with Crippen LogP contribution in [0, 0.1) is 17.8 Å². The number of amides is 5. The molecule has 0 spiro atoms. The Labute approximate surface area is 295 Å². The van der Waals surface area contributed by atoms with Crippen LogP contribution in [0.5, 0.6) is 0 Å². The lowest BCUT2D eigenvalue weighted by molar-refractivity contribution is -0.144. The third-order valence-corrected chi connectivity index (χ3v) is 9.88. The number of rotatable bonds is 19. The van der Waals surface area contributed by atoms with Crippen molar-refractivity contribution in [3.05, 3.63) is 35.9 Å². The number of nitrogens with zero attached hydrogens (tertiary/aromatic N) is 1. The molecule has 1 aliphatic rings. The first-order valence-electron chi connectivity index (χ1n) is 17.8. The van der Waals surface area contributed by atoms with Gasteiger partial charge in [-0.2, -0.15) is 0 Å². The van der Waals surface area contributed by atoms with Gasteiger partial charge in [-0.1, -0.05) is 91.1 Å². The van der Waals surface area contributed by atoms with E-state index in [1.54, 1.807) is 20.8 Å². The number of carbonyl (C=O) groups excluding carboxylic acids is 5. The number of nitrogens with two attached hydrogens (primary N) is 1. The number of carbonyl (C=O) groups is 6. The van der Waals surface area contributed by atoms with Crippen molar-refractivity contribution >= 4 is 35.5 Å². The molecule has 0 saturated carbocycles. The molecule has 1 heterocycles. The fourth-order valence-corrected chi connectivity index (χ4v) is 5.94. The topological polar surface area (TPSA) is 220 Å². The highest BCUT2D eigenvalue weighted by Crippen LogP contribution is 2.20.